The first-order valence-electron chi connectivity index (χ1n) is 5.30. The van der Waals surface area contributed by atoms with Gasteiger partial charge in [0.05, 0.1) is 19.3 Å². The summed E-state index contributed by atoms with van der Waals surface area (Å²) in [6.45, 7) is 3.49. The smallest absolute Gasteiger partial charge is 0.119 e. The predicted octanol–water partition coefficient (Wildman–Crippen LogP) is 2.06. The van der Waals surface area contributed by atoms with Crippen molar-refractivity contribution in [2.75, 3.05) is 7.11 Å². The fraction of sp³-hybridized carbons (Fsp3) is 0.385. The quantitative estimate of drug-likeness (QED) is 0.724. The number of methoxy groups -OCH3 is 1. The lowest BCUT2D eigenvalue weighted by Crippen LogP contribution is -2.05. The minimum Gasteiger partial charge on any atom is -0.497 e. The number of rotatable bonds is 6. The maximum atomic E-state index is 9.88. The maximum Gasteiger partial charge on any atom is 0.119 e. The molecule has 1 aromatic rings. The summed E-state index contributed by atoms with van der Waals surface area (Å²) in [5.74, 6) is 0.723. The molecule has 0 aliphatic heterocycles. The normalized spacial score (nSPS) is 14.2. The average Bonchev–Trinajstić information content (AvgIpc) is 2.35. The molecular formula is C13H18O3. The molecule has 0 aliphatic rings. The topological polar surface area (TPSA) is 49.7 Å². The van der Waals surface area contributed by atoms with E-state index < -0.39 is 12.2 Å². The van der Waals surface area contributed by atoms with Crippen LogP contribution in [0.1, 0.15) is 24.5 Å². The van der Waals surface area contributed by atoms with E-state index in [-0.39, 0.29) is 0 Å². The van der Waals surface area contributed by atoms with Crippen LogP contribution in [0.2, 0.25) is 0 Å². The van der Waals surface area contributed by atoms with Crippen LogP contribution in [-0.4, -0.2) is 23.4 Å². The fourth-order valence-electron chi connectivity index (χ4n) is 1.46. The Hall–Kier alpha value is -1.32. The number of hydrogen-bond donors (Lipinski definition) is 2. The molecule has 0 aromatic heterocycles. The summed E-state index contributed by atoms with van der Waals surface area (Å²) in [4.78, 5) is 0. The molecule has 88 valence electrons. The van der Waals surface area contributed by atoms with Gasteiger partial charge in [-0.15, -0.1) is 6.58 Å². The molecule has 3 heteroatoms. The van der Waals surface area contributed by atoms with Crippen molar-refractivity contribution in [3.8, 4) is 5.75 Å². The highest BCUT2D eigenvalue weighted by molar-refractivity contribution is 5.29. The molecule has 2 N–H and O–H groups in total. The highest BCUT2D eigenvalue weighted by Gasteiger charge is 2.10. The van der Waals surface area contributed by atoms with Gasteiger partial charge >= 0.3 is 0 Å². The van der Waals surface area contributed by atoms with Gasteiger partial charge in [-0.25, -0.2) is 0 Å². The van der Waals surface area contributed by atoms with Gasteiger partial charge in [0, 0.05) is 0 Å². The van der Waals surface area contributed by atoms with Crippen molar-refractivity contribution >= 4 is 0 Å². The third kappa shape index (κ3) is 3.68. The molecule has 1 rings (SSSR count). The third-order valence-corrected chi connectivity index (χ3v) is 2.49. The van der Waals surface area contributed by atoms with E-state index >= 15 is 0 Å². The molecule has 0 radical (unpaired) electrons. The second-order valence-electron chi connectivity index (χ2n) is 3.67. The fourth-order valence-corrected chi connectivity index (χ4v) is 1.46. The molecular weight excluding hydrogens is 204 g/mol. The molecule has 0 saturated heterocycles. The molecule has 0 fully saturated rings. The Kier molecular flexibility index (Phi) is 5.02. The van der Waals surface area contributed by atoms with Gasteiger partial charge in [0.2, 0.25) is 0 Å². The van der Waals surface area contributed by atoms with Crippen LogP contribution < -0.4 is 4.74 Å². The molecule has 0 saturated carbocycles. The first-order valence-corrected chi connectivity index (χ1v) is 5.30. The first-order chi connectivity index (χ1) is 7.67. The SMILES string of the molecule is C=CC(O)CC[C@@H](O)c1cccc(OC)c1. The summed E-state index contributed by atoms with van der Waals surface area (Å²) in [6.07, 6.45) is 1.34. The number of aliphatic hydroxyl groups is 2. The van der Waals surface area contributed by atoms with Gasteiger partial charge in [0.1, 0.15) is 5.75 Å². The Morgan fingerprint density at radius 2 is 2.12 bits per heavy atom. The highest BCUT2D eigenvalue weighted by Crippen LogP contribution is 2.23. The van der Waals surface area contributed by atoms with E-state index in [4.69, 9.17) is 4.74 Å². The standard InChI is InChI=1S/C13H18O3/c1-3-11(14)7-8-13(15)10-5-4-6-12(9-10)16-2/h3-6,9,11,13-15H,1,7-8H2,2H3/t11?,13-/m1/s1. The Bertz CT molecular complexity index is 336. The molecule has 1 aromatic carbocycles. The number of aliphatic hydroxyl groups excluding tert-OH is 2. The van der Waals surface area contributed by atoms with Gasteiger partial charge in [-0.05, 0) is 30.5 Å². The maximum absolute atomic E-state index is 9.88. The van der Waals surface area contributed by atoms with Crippen molar-refractivity contribution in [3.63, 3.8) is 0 Å². The molecule has 0 bridgehead atoms. The van der Waals surface area contributed by atoms with Gasteiger partial charge in [-0.2, -0.15) is 0 Å². The van der Waals surface area contributed by atoms with E-state index in [1.54, 1.807) is 13.2 Å². The minimum absolute atomic E-state index is 0.500. The predicted molar refractivity (Wildman–Crippen MR) is 63.4 cm³/mol. The molecule has 0 aliphatic carbocycles. The van der Waals surface area contributed by atoms with Crippen molar-refractivity contribution in [2.24, 2.45) is 0 Å². The van der Waals surface area contributed by atoms with Gasteiger partial charge < -0.3 is 14.9 Å². The lowest BCUT2D eigenvalue weighted by molar-refractivity contribution is 0.134. The zero-order valence-corrected chi connectivity index (χ0v) is 9.47. The molecule has 0 spiro atoms. The molecule has 2 atom stereocenters. The van der Waals surface area contributed by atoms with Crippen LogP contribution in [-0.2, 0) is 0 Å². The van der Waals surface area contributed by atoms with Crippen LogP contribution in [0, 0.1) is 0 Å². The zero-order valence-electron chi connectivity index (χ0n) is 9.47. The number of hydrogen-bond acceptors (Lipinski definition) is 3. The number of ether oxygens (including phenoxy) is 1. The minimum atomic E-state index is -0.579. The van der Waals surface area contributed by atoms with Gasteiger partial charge in [-0.1, -0.05) is 18.2 Å². The zero-order chi connectivity index (χ0) is 12.0. The van der Waals surface area contributed by atoms with Crippen molar-refractivity contribution in [3.05, 3.63) is 42.5 Å². The van der Waals surface area contributed by atoms with Crippen molar-refractivity contribution in [1.29, 1.82) is 0 Å². The van der Waals surface area contributed by atoms with Crippen LogP contribution in [0.3, 0.4) is 0 Å². The van der Waals surface area contributed by atoms with Crippen LogP contribution in [0.5, 0.6) is 5.75 Å². The summed E-state index contributed by atoms with van der Waals surface area (Å²) < 4.78 is 5.08. The number of benzene rings is 1. The van der Waals surface area contributed by atoms with Crippen molar-refractivity contribution in [2.45, 2.75) is 25.0 Å². The van der Waals surface area contributed by atoms with E-state index in [1.165, 1.54) is 6.08 Å². The monoisotopic (exact) mass is 222 g/mol. The lowest BCUT2D eigenvalue weighted by atomic mass is 10.0. The molecule has 0 heterocycles. The molecule has 3 nitrogen and oxygen atoms in total. The average molecular weight is 222 g/mol. The van der Waals surface area contributed by atoms with Gasteiger partial charge in [-0.3, -0.25) is 0 Å². The summed E-state index contributed by atoms with van der Waals surface area (Å²) in [5, 5.41) is 19.2. The van der Waals surface area contributed by atoms with Crippen LogP contribution in [0.15, 0.2) is 36.9 Å². The Balaban J connectivity index is 2.58. The first kappa shape index (κ1) is 12.7. The van der Waals surface area contributed by atoms with Gasteiger partial charge in [0.25, 0.3) is 0 Å². The Morgan fingerprint density at radius 3 is 2.75 bits per heavy atom. The molecule has 1 unspecified atom stereocenters. The largest absolute Gasteiger partial charge is 0.497 e. The van der Waals surface area contributed by atoms with Crippen LogP contribution in [0.25, 0.3) is 0 Å². The second kappa shape index (κ2) is 6.30. The molecule has 0 amide bonds. The highest BCUT2D eigenvalue weighted by atomic mass is 16.5. The third-order valence-electron chi connectivity index (χ3n) is 2.49. The molecule has 16 heavy (non-hydrogen) atoms. The Morgan fingerprint density at radius 1 is 1.38 bits per heavy atom. The van der Waals surface area contributed by atoms with Crippen molar-refractivity contribution in [1.82, 2.24) is 0 Å². The van der Waals surface area contributed by atoms with E-state index in [9.17, 15) is 10.2 Å². The summed E-state index contributed by atoms with van der Waals surface area (Å²) in [7, 11) is 1.59. The van der Waals surface area contributed by atoms with Crippen LogP contribution in [0.4, 0.5) is 0 Å². The van der Waals surface area contributed by atoms with Gasteiger partial charge in [0.15, 0.2) is 0 Å². The van der Waals surface area contributed by atoms with E-state index in [0.717, 1.165) is 11.3 Å². The van der Waals surface area contributed by atoms with E-state index in [0.29, 0.717) is 12.8 Å². The second-order valence-corrected chi connectivity index (χ2v) is 3.67. The summed E-state index contributed by atoms with van der Waals surface area (Å²) >= 11 is 0. The van der Waals surface area contributed by atoms with E-state index in [1.807, 2.05) is 18.2 Å². The summed E-state index contributed by atoms with van der Waals surface area (Å²) in [6, 6.07) is 7.30. The summed E-state index contributed by atoms with van der Waals surface area (Å²) in [5.41, 5.74) is 0.801. The Labute approximate surface area is 96.0 Å². The lowest BCUT2D eigenvalue weighted by Gasteiger charge is -2.13. The van der Waals surface area contributed by atoms with Crippen LogP contribution >= 0.6 is 0 Å². The van der Waals surface area contributed by atoms with Crippen molar-refractivity contribution < 1.29 is 14.9 Å². The van der Waals surface area contributed by atoms with E-state index in [2.05, 4.69) is 6.58 Å².